The third-order valence-corrected chi connectivity index (χ3v) is 4.26. The van der Waals surface area contributed by atoms with Crippen molar-refractivity contribution in [3.8, 4) is 0 Å². The average molecular weight is 179 g/mol. The highest BCUT2D eigenvalue weighted by Gasteiger charge is 2.62. The lowest BCUT2D eigenvalue weighted by Gasteiger charge is -2.15. The summed E-state index contributed by atoms with van der Waals surface area (Å²) < 4.78 is 0. The van der Waals surface area contributed by atoms with Gasteiger partial charge in [0.2, 0.25) is 5.91 Å². The summed E-state index contributed by atoms with van der Waals surface area (Å²) in [6.07, 6.45) is 5.37. The molecule has 3 aliphatic rings. The second-order valence-electron chi connectivity index (χ2n) is 5.24. The normalized spacial score (nSPS) is 40.1. The molecule has 2 heteroatoms. The summed E-state index contributed by atoms with van der Waals surface area (Å²) in [6.45, 7) is 4.15. The molecule has 0 aromatic carbocycles. The van der Waals surface area contributed by atoms with Crippen LogP contribution in [0.4, 0.5) is 0 Å². The zero-order valence-corrected chi connectivity index (χ0v) is 8.25. The van der Waals surface area contributed by atoms with E-state index < -0.39 is 0 Å². The van der Waals surface area contributed by atoms with Crippen molar-refractivity contribution in [3.05, 3.63) is 0 Å². The summed E-state index contributed by atoms with van der Waals surface area (Å²) in [5.74, 6) is 1.58. The van der Waals surface area contributed by atoms with Gasteiger partial charge in [0.1, 0.15) is 0 Å². The van der Waals surface area contributed by atoms with Crippen LogP contribution in [0, 0.1) is 17.3 Å². The highest BCUT2D eigenvalue weighted by Crippen LogP contribution is 2.70. The molecule has 0 aromatic rings. The van der Waals surface area contributed by atoms with E-state index in [4.69, 9.17) is 0 Å². The fraction of sp³-hybridized carbons (Fsp3) is 0.909. The van der Waals surface area contributed by atoms with Gasteiger partial charge in [0.25, 0.3) is 0 Å². The third-order valence-electron chi connectivity index (χ3n) is 4.26. The molecule has 1 aliphatic heterocycles. The van der Waals surface area contributed by atoms with Crippen molar-refractivity contribution in [3.63, 3.8) is 0 Å². The SMILES string of the molecule is CC1CCN(CC2CC23CC3)C1=O. The summed E-state index contributed by atoms with van der Waals surface area (Å²) in [5, 5.41) is 0. The monoisotopic (exact) mass is 179 g/mol. The Labute approximate surface area is 79.3 Å². The van der Waals surface area contributed by atoms with Crippen molar-refractivity contribution < 1.29 is 4.79 Å². The van der Waals surface area contributed by atoms with Crippen molar-refractivity contribution >= 4 is 5.91 Å². The Hall–Kier alpha value is -0.530. The van der Waals surface area contributed by atoms with Gasteiger partial charge in [-0.15, -0.1) is 0 Å². The van der Waals surface area contributed by atoms with Crippen molar-refractivity contribution in [2.75, 3.05) is 13.1 Å². The maximum atomic E-state index is 11.6. The predicted octanol–water partition coefficient (Wildman–Crippen LogP) is 1.65. The average Bonchev–Trinajstić information content (AvgIpc) is 2.99. The van der Waals surface area contributed by atoms with Crippen LogP contribution in [0.5, 0.6) is 0 Å². The van der Waals surface area contributed by atoms with Crippen LogP contribution in [0.1, 0.15) is 32.6 Å². The fourth-order valence-corrected chi connectivity index (χ4v) is 2.81. The standard InChI is InChI=1S/C11H17NO/c1-8-2-5-12(10(8)13)7-9-6-11(9)3-4-11/h8-9H,2-7H2,1H3. The summed E-state index contributed by atoms with van der Waals surface area (Å²) >= 11 is 0. The number of rotatable bonds is 2. The summed E-state index contributed by atoms with van der Waals surface area (Å²) in [5.41, 5.74) is 0.756. The molecule has 0 N–H and O–H groups in total. The molecule has 3 fully saturated rings. The molecule has 1 amide bonds. The lowest BCUT2D eigenvalue weighted by molar-refractivity contribution is -0.130. The number of carbonyl (C=O) groups excluding carboxylic acids is 1. The van der Waals surface area contributed by atoms with E-state index in [1.807, 2.05) is 0 Å². The molecule has 72 valence electrons. The van der Waals surface area contributed by atoms with Gasteiger partial charge in [-0.1, -0.05) is 6.92 Å². The Morgan fingerprint density at radius 1 is 1.54 bits per heavy atom. The molecule has 0 aromatic heterocycles. The Balaban J connectivity index is 1.58. The first-order valence-electron chi connectivity index (χ1n) is 5.50. The van der Waals surface area contributed by atoms with Crippen molar-refractivity contribution in [1.29, 1.82) is 0 Å². The van der Waals surface area contributed by atoms with Gasteiger partial charge in [-0.05, 0) is 37.0 Å². The lowest BCUT2D eigenvalue weighted by atomic mass is 10.1. The van der Waals surface area contributed by atoms with Gasteiger partial charge in [-0.2, -0.15) is 0 Å². The quantitative estimate of drug-likeness (QED) is 0.631. The predicted molar refractivity (Wildman–Crippen MR) is 50.1 cm³/mol. The molecule has 0 bridgehead atoms. The number of nitrogens with zero attached hydrogens (tertiary/aromatic N) is 1. The second-order valence-corrected chi connectivity index (χ2v) is 5.24. The summed E-state index contributed by atoms with van der Waals surface area (Å²) in [4.78, 5) is 13.7. The van der Waals surface area contributed by atoms with Crippen LogP contribution in [-0.4, -0.2) is 23.9 Å². The molecule has 2 nitrogen and oxygen atoms in total. The van der Waals surface area contributed by atoms with Crippen LogP contribution >= 0.6 is 0 Å². The van der Waals surface area contributed by atoms with Crippen LogP contribution < -0.4 is 0 Å². The van der Waals surface area contributed by atoms with E-state index in [2.05, 4.69) is 11.8 Å². The molecule has 1 saturated heterocycles. The third kappa shape index (κ3) is 1.11. The Bertz CT molecular complexity index is 257. The number of likely N-dealkylation sites (tertiary alicyclic amines) is 1. The maximum absolute atomic E-state index is 11.6. The van der Waals surface area contributed by atoms with E-state index in [-0.39, 0.29) is 0 Å². The molecule has 2 atom stereocenters. The van der Waals surface area contributed by atoms with Crippen LogP contribution in [0.15, 0.2) is 0 Å². The molecule has 0 radical (unpaired) electrons. The smallest absolute Gasteiger partial charge is 0.225 e. The van der Waals surface area contributed by atoms with E-state index in [1.165, 1.54) is 19.3 Å². The topological polar surface area (TPSA) is 20.3 Å². The molecule has 2 aliphatic carbocycles. The molecule has 2 saturated carbocycles. The van der Waals surface area contributed by atoms with Crippen molar-refractivity contribution in [1.82, 2.24) is 4.90 Å². The Morgan fingerprint density at radius 2 is 2.31 bits per heavy atom. The first-order chi connectivity index (χ1) is 6.21. The van der Waals surface area contributed by atoms with Crippen LogP contribution in [0.2, 0.25) is 0 Å². The molecular formula is C11H17NO. The minimum Gasteiger partial charge on any atom is -0.342 e. The van der Waals surface area contributed by atoms with E-state index >= 15 is 0 Å². The molecule has 1 heterocycles. The van der Waals surface area contributed by atoms with E-state index in [0.29, 0.717) is 11.8 Å². The Kier molecular flexibility index (Phi) is 1.38. The first-order valence-corrected chi connectivity index (χ1v) is 5.50. The summed E-state index contributed by atoms with van der Waals surface area (Å²) in [6, 6.07) is 0. The largest absolute Gasteiger partial charge is 0.342 e. The molecule has 13 heavy (non-hydrogen) atoms. The molecule has 3 rings (SSSR count). The molecule has 2 unspecified atom stereocenters. The Morgan fingerprint density at radius 3 is 2.77 bits per heavy atom. The first kappa shape index (κ1) is 7.84. The number of carbonyl (C=O) groups is 1. The second kappa shape index (κ2) is 2.28. The van der Waals surface area contributed by atoms with Crippen LogP contribution in [0.25, 0.3) is 0 Å². The van der Waals surface area contributed by atoms with Gasteiger partial charge in [0, 0.05) is 19.0 Å². The number of hydrogen-bond acceptors (Lipinski definition) is 1. The number of hydrogen-bond donors (Lipinski definition) is 0. The molecular weight excluding hydrogens is 162 g/mol. The minimum absolute atomic E-state index is 0.300. The zero-order chi connectivity index (χ0) is 9.05. The van der Waals surface area contributed by atoms with E-state index in [9.17, 15) is 4.79 Å². The van der Waals surface area contributed by atoms with E-state index in [0.717, 1.165) is 30.8 Å². The van der Waals surface area contributed by atoms with E-state index in [1.54, 1.807) is 0 Å². The van der Waals surface area contributed by atoms with Crippen molar-refractivity contribution in [2.45, 2.75) is 32.6 Å². The van der Waals surface area contributed by atoms with Gasteiger partial charge in [0.05, 0.1) is 0 Å². The van der Waals surface area contributed by atoms with Crippen molar-refractivity contribution in [2.24, 2.45) is 17.3 Å². The minimum atomic E-state index is 0.300. The maximum Gasteiger partial charge on any atom is 0.225 e. The van der Waals surface area contributed by atoms with Gasteiger partial charge in [-0.25, -0.2) is 0 Å². The van der Waals surface area contributed by atoms with Crippen LogP contribution in [-0.2, 0) is 4.79 Å². The van der Waals surface area contributed by atoms with Gasteiger partial charge >= 0.3 is 0 Å². The van der Waals surface area contributed by atoms with Gasteiger partial charge < -0.3 is 4.90 Å². The summed E-state index contributed by atoms with van der Waals surface area (Å²) in [7, 11) is 0. The highest BCUT2D eigenvalue weighted by atomic mass is 16.2. The lowest BCUT2D eigenvalue weighted by Crippen LogP contribution is -2.29. The number of amides is 1. The zero-order valence-electron chi connectivity index (χ0n) is 8.25. The molecule has 1 spiro atoms. The highest BCUT2D eigenvalue weighted by molar-refractivity contribution is 5.80. The van der Waals surface area contributed by atoms with Gasteiger partial charge in [-0.3, -0.25) is 4.79 Å². The van der Waals surface area contributed by atoms with Gasteiger partial charge in [0.15, 0.2) is 0 Å². The van der Waals surface area contributed by atoms with Crippen LogP contribution in [0.3, 0.4) is 0 Å². The fourth-order valence-electron chi connectivity index (χ4n) is 2.81.